The number of likely N-dealkylation sites (tertiary alicyclic amines) is 1. The molecule has 0 spiro atoms. The molecule has 1 aromatic carbocycles. The molecular formula is C12H13FN2O2. The van der Waals surface area contributed by atoms with Crippen LogP contribution in [0.5, 0.6) is 0 Å². The van der Waals surface area contributed by atoms with E-state index in [1.165, 1.54) is 11.0 Å². The van der Waals surface area contributed by atoms with Gasteiger partial charge in [-0.2, -0.15) is 0 Å². The summed E-state index contributed by atoms with van der Waals surface area (Å²) < 4.78 is 13.4. The summed E-state index contributed by atoms with van der Waals surface area (Å²) in [5.41, 5.74) is 0.247. The predicted octanol–water partition coefficient (Wildman–Crippen LogP) is 1.39. The second-order valence-corrected chi connectivity index (χ2v) is 3.86. The molecule has 90 valence electrons. The number of nitrogens with zero attached hydrogens (tertiary/aromatic N) is 1. The Morgan fingerprint density at radius 3 is 2.71 bits per heavy atom. The first kappa shape index (κ1) is 11.6. The lowest BCUT2D eigenvalue weighted by atomic mass is 10.2. The van der Waals surface area contributed by atoms with Gasteiger partial charge in [0.2, 0.25) is 5.91 Å². The molecule has 2 rings (SSSR count). The van der Waals surface area contributed by atoms with Gasteiger partial charge in [-0.05, 0) is 19.1 Å². The Labute approximate surface area is 98.4 Å². The fourth-order valence-electron chi connectivity index (χ4n) is 1.89. The molecule has 0 aromatic heterocycles. The van der Waals surface area contributed by atoms with Gasteiger partial charge in [-0.25, -0.2) is 4.39 Å². The van der Waals surface area contributed by atoms with Gasteiger partial charge < -0.3 is 5.32 Å². The number of nitrogens with one attached hydrogen (secondary N) is 1. The third kappa shape index (κ3) is 2.13. The number of carbonyl (C=O) groups excluding carboxylic acids is 2. The maximum absolute atomic E-state index is 13.4. The SMILES string of the molecule is CCN1C(=O)CC(Nc2ccccc2F)C1=O. The van der Waals surface area contributed by atoms with Crippen LogP contribution in [0.4, 0.5) is 10.1 Å². The molecule has 0 bridgehead atoms. The van der Waals surface area contributed by atoms with Gasteiger partial charge in [0.1, 0.15) is 11.9 Å². The van der Waals surface area contributed by atoms with Crippen molar-refractivity contribution in [2.45, 2.75) is 19.4 Å². The largest absolute Gasteiger partial charge is 0.371 e. The molecule has 1 aliphatic rings. The van der Waals surface area contributed by atoms with Crippen molar-refractivity contribution >= 4 is 17.5 Å². The Bertz CT molecular complexity index is 462. The van der Waals surface area contributed by atoms with Crippen LogP contribution in [-0.2, 0) is 9.59 Å². The number of para-hydroxylation sites is 1. The Kier molecular flexibility index (Phi) is 3.08. The fraction of sp³-hybridized carbons (Fsp3) is 0.333. The second-order valence-electron chi connectivity index (χ2n) is 3.86. The average Bonchev–Trinajstić information content (AvgIpc) is 2.57. The maximum Gasteiger partial charge on any atom is 0.252 e. The molecule has 1 aromatic rings. The number of hydrogen-bond acceptors (Lipinski definition) is 3. The van der Waals surface area contributed by atoms with Crippen LogP contribution in [-0.4, -0.2) is 29.3 Å². The number of hydrogen-bond donors (Lipinski definition) is 1. The van der Waals surface area contributed by atoms with Crippen molar-refractivity contribution in [1.29, 1.82) is 0 Å². The summed E-state index contributed by atoms with van der Waals surface area (Å²) in [6.45, 7) is 2.09. The summed E-state index contributed by atoms with van der Waals surface area (Å²) in [5.74, 6) is -0.935. The molecule has 2 amide bonds. The Morgan fingerprint density at radius 1 is 1.41 bits per heavy atom. The molecule has 1 aliphatic heterocycles. The molecule has 1 fully saturated rings. The average molecular weight is 236 g/mol. The predicted molar refractivity (Wildman–Crippen MR) is 60.8 cm³/mol. The number of halogens is 1. The second kappa shape index (κ2) is 4.53. The summed E-state index contributed by atoms with van der Waals surface area (Å²) >= 11 is 0. The van der Waals surface area contributed by atoms with E-state index in [1.807, 2.05) is 0 Å². The summed E-state index contributed by atoms with van der Waals surface area (Å²) in [5, 5.41) is 2.77. The zero-order chi connectivity index (χ0) is 12.4. The third-order valence-electron chi connectivity index (χ3n) is 2.76. The van der Waals surface area contributed by atoms with Crippen LogP contribution >= 0.6 is 0 Å². The van der Waals surface area contributed by atoms with Crippen LogP contribution < -0.4 is 5.32 Å². The highest BCUT2D eigenvalue weighted by atomic mass is 19.1. The lowest BCUT2D eigenvalue weighted by Crippen LogP contribution is -2.34. The van der Waals surface area contributed by atoms with Crippen molar-refractivity contribution in [2.75, 3.05) is 11.9 Å². The van der Waals surface area contributed by atoms with Crippen molar-refractivity contribution in [3.05, 3.63) is 30.1 Å². The molecule has 5 heteroatoms. The summed E-state index contributed by atoms with van der Waals surface area (Å²) in [6, 6.07) is 5.44. The van der Waals surface area contributed by atoms with Gasteiger partial charge >= 0.3 is 0 Å². The molecule has 0 saturated carbocycles. The number of likely N-dealkylation sites (N-methyl/N-ethyl adjacent to an activating group) is 1. The monoisotopic (exact) mass is 236 g/mol. The summed E-state index contributed by atoms with van der Waals surface area (Å²) in [7, 11) is 0. The lowest BCUT2D eigenvalue weighted by Gasteiger charge is -2.14. The number of imide groups is 1. The van der Waals surface area contributed by atoms with Crippen LogP contribution in [0.25, 0.3) is 0 Å². The Morgan fingerprint density at radius 2 is 2.12 bits per heavy atom. The van der Waals surface area contributed by atoms with E-state index in [-0.39, 0.29) is 23.9 Å². The van der Waals surface area contributed by atoms with E-state index >= 15 is 0 Å². The zero-order valence-electron chi connectivity index (χ0n) is 9.44. The topological polar surface area (TPSA) is 49.4 Å². The highest BCUT2D eigenvalue weighted by Gasteiger charge is 2.37. The molecule has 1 heterocycles. The summed E-state index contributed by atoms with van der Waals surface area (Å²) in [6.07, 6.45) is 0.0843. The Balaban J connectivity index is 2.14. The van der Waals surface area contributed by atoms with Crippen molar-refractivity contribution < 1.29 is 14.0 Å². The molecule has 4 nitrogen and oxygen atoms in total. The van der Waals surface area contributed by atoms with E-state index in [4.69, 9.17) is 0 Å². The quantitative estimate of drug-likeness (QED) is 0.807. The minimum absolute atomic E-state index is 0.0843. The Hall–Kier alpha value is -1.91. The zero-order valence-corrected chi connectivity index (χ0v) is 9.44. The number of carbonyl (C=O) groups is 2. The van der Waals surface area contributed by atoms with Gasteiger partial charge in [0.15, 0.2) is 0 Å². The maximum atomic E-state index is 13.4. The van der Waals surface area contributed by atoms with E-state index in [0.29, 0.717) is 6.54 Å². The van der Waals surface area contributed by atoms with E-state index < -0.39 is 11.9 Å². The highest BCUT2D eigenvalue weighted by Crippen LogP contribution is 2.20. The fourth-order valence-corrected chi connectivity index (χ4v) is 1.89. The van der Waals surface area contributed by atoms with E-state index in [2.05, 4.69) is 5.32 Å². The van der Waals surface area contributed by atoms with Crippen LogP contribution in [0.2, 0.25) is 0 Å². The summed E-state index contributed by atoms with van der Waals surface area (Å²) in [4.78, 5) is 24.4. The van der Waals surface area contributed by atoms with Crippen LogP contribution in [0.15, 0.2) is 24.3 Å². The lowest BCUT2D eigenvalue weighted by molar-refractivity contribution is -0.138. The molecule has 1 unspecified atom stereocenters. The van der Waals surface area contributed by atoms with Crippen molar-refractivity contribution in [1.82, 2.24) is 4.90 Å². The minimum atomic E-state index is -0.653. The van der Waals surface area contributed by atoms with Crippen LogP contribution in [0, 0.1) is 5.82 Å². The van der Waals surface area contributed by atoms with Crippen molar-refractivity contribution in [3.8, 4) is 0 Å². The van der Waals surface area contributed by atoms with Crippen molar-refractivity contribution in [3.63, 3.8) is 0 Å². The van der Waals surface area contributed by atoms with Gasteiger partial charge in [-0.1, -0.05) is 12.1 Å². The molecular weight excluding hydrogens is 223 g/mol. The number of benzene rings is 1. The smallest absolute Gasteiger partial charge is 0.252 e. The van der Waals surface area contributed by atoms with Gasteiger partial charge in [0, 0.05) is 6.54 Å². The van der Waals surface area contributed by atoms with Gasteiger partial charge in [0.25, 0.3) is 5.91 Å². The van der Waals surface area contributed by atoms with E-state index in [0.717, 1.165) is 0 Å². The van der Waals surface area contributed by atoms with Crippen LogP contribution in [0.3, 0.4) is 0 Å². The van der Waals surface area contributed by atoms with E-state index in [1.54, 1.807) is 25.1 Å². The first-order valence-electron chi connectivity index (χ1n) is 5.48. The first-order valence-corrected chi connectivity index (χ1v) is 5.48. The highest BCUT2D eigenvalue weighted by molar-refractivity contribution is 6.06. The molecule has 0 radical (unpaired) electrons. The normalized spacial score (nSPS) is 19.9. The molecule has 0 aliphatic carbocycles. The van der Waals surface area contributed by atoms with Gasteiger partial charge in [-0.3, -0.25) is 14.5 Å². The molecule has 1 saturated heterocycles. The first-order chi connectivity index (χ1) is 8.13. The molecule has 1 atom stereocenters. The van der Waals surface area contributed by atoms with Crippen molar-refractivity contribution in [2.24, 2.45) is 0 Å². The number of rotatable bonds is 3. The standard InChI is InChI=1S/C12H13FN2O2/c1-2-15-11(16)7-10(12(15)17)14-9-6-4-3-5-8(9)13/h3-6,10,14H,2,7H2,1H3. The molecule has 1 N–H and O–H groups in total. The third-order valence-corrected chi connectivity index (χ3v) is 2.76. The van der Waals surface area contributed by atoms with Gasteiger partial charge in [-0.15, -0.1) is 0 Å². The van der Waals surface area contributed by atoms with E-state index in [9.17, 15) is 14.0 Å². The van der Waals surface area contributed by atoms with Crippen LogP contribution in [0.1, 0.15) is 13.3 Å². The van der Waals surface area contributed by atoms with Gasteiger partial charge in [0.05, 0.1) is 12.1 Å². The molecule has 17 heavy (non-hydrogen) atoms. The number of amides is 2. The minimum Gasteiger partial charge on any atom is -0.371 e. The number of anilines is 1.